The summed E-state index contributed by atoms with van der Waals surface area (Å²) in [7, 11) is 4.53. The van der Waals surface area contributed by atoms with Gasteiger partial charge in [-0.15, -0.1) is 0 Å². The van der Waals surface area contributed by atoms with Crippen LogP contribution in [0.1, 0.15) is 27.7 Å². The monoisotopic (exact) mass is 390 g/mol. The average Bonchev–Trinajstić information content (AvgIpc) is 2.55. The molecule has 0 saturated heterocycles. The zero-order valence-corrected chi connectivity index (χ0v) is 18.5. The number of rotatable bonds is 13. The minimum atomic E-state index is -2.68. The Kier molecular flexibility index (Phi) is 11.9. The van der Waals surface area contributed by atoms with Crippen molar-refractivity contribution in [1.29, 1.82) is 0 Å². The van der Waals surface area contributed by atoms with Gasteiger partial charge < -0.3 is 26.6 Å². The van der Waals surface area contributed by atoms with Crippen molar-refractivity contribution in [2.45, 2.75) is 37.4 Å². The molecule has 0 spiro atoms. The van der Waals surface area contributed by atoms with E-state index in [4.69, 9.17) is 26.6 Å². The molecular weight excluding hydrogens is 360 g/mol. The fraction of sp³-hybridized carbons (Fsp3) is 1.00. The zero-order chi connectivity index (χ0) is 17.2. The third kappa shape index (κ3) is 5.76. The van der Waals surface area contributed by atoms with Crippen molar-refractivity contribution in [3.05, 3.63) is 0 Å². The van der Waals surface area contributed by atoms with Gasteiger partial charge in [-0.3, -0.25) is 0 Å². The molecule has 0 aliphatic carbocycles. The standard InChI is InChI=1S/C12H30O6S2Si2/c1-9-17-21(13-5,14-6)11(3)19-20-12(4)22(15-7,16-8)18-10-2/h11-12H,9-10H2,1-8H3. The second-order valence-electron chi connectivity index (χ2n) is 4.37. The van der Waals surface area contributed by atoms with Crippen molar-refractivity contribution in [3.63, 3.8) is 0 Å². The van der Waals surface area contributed by atoms with Crippen LogP contribution in [-0.2, 0) is 26.6 Å². The Balaban J connectivity index is 4.81. The van der Waals surface area contributed by atoms with Crippen LogP contribution in [0.5, 0.6) is 0 Å². The van der Waals surface area contributed by atoms with E-state index >= 15 is 0 Å². The van der Waals surface area contributed by atoms with Crippen LogP contribution in [0.15, 0.2) is 0 Å². The predicted octanol–water partition coefficient (Wildman–Crippen LogP) is 2.76. The lowest BCUT2D eigenvalue weighted by molar-refractivity contribution is 0.102. The molecule has 6 nitrogen and oxygen atoms in total. The van der Waals surface area contributed by atoms with Crippen LogP contribution in [0.3, 0.4) is 0 Å². The fourth-order valence-electron chi connectivity index (χ4n) is 1.99. The van der Waals surface area contributed by atoms with E-state index in [-0.39, 0.29) is 9.75 Å². The van der Waals surface area contributed by atoms with Gasteiger partial charge in [0, 0.05) is 41.7 Å². The molecule has 0 aromatic heterocycles. The molecule has 10 heteroatoms. The average molecular weight is 391 g/mol. The zero-order valence-electron chi connectivity index (χ0n) is 14.8. The van der Waals surface area contributed by atoms with Crippen molar-refractivity contribution in [2.24, 2.45) is 0 Å². The first-order chi connectivity index (χ1) is 10.4. The lowest BCUT2D eigenvalue weighted by Crippen LogP contribution is -2.54. The van der Waals surface area contributed by atoms with Crippen LogP contribution in [0.25, 0.3) is 0 Å². The summed E-state index contributed by atoms with van der Waals surface area (Å²) in [6.07, 6.45) is 0. The molecule has 2 atom stereocenters. The van der Waals surface area contributed by atoms with Crippen LogP contribution >= 0.6 is 21.6 Å². The maximum absolute atomic E-state index is 5.79. The Morgan fingerprint density at radius 3 is 1.14 bits per heavy atom. The summed E-state index contributed by atoms with van der Waals surface area (Å²) in [5, 5.41) is 0. The number of hydrogen-bond acceptors (Lipinski definition) is 8. The highest BCUT2D eigenvalue weighted by atomic mass is 33.1. The first-order valence-electron chi connectivity index (χ1n) is 7.22. The van der Waals surface area contributed by atoms with E-state index in [1.807, 2.05) is 13.8 Å². The third-order valence-electron chi connectivity index (χ3n) is 3.17. The van der Waals surface area contributed by atoms with Gasteiger partial charge in [0.1, 0.15) is 0 Å². The molecule has 0 bridgehead atoms. The summed E-state index contributed by atoms with van der Waals surface area (Å²) >= 11 is 0. The summed E-state index contributed by atoms with van der Waals surface area (Å²) in [5.74, 6) is 0. The molecule has 22 heavy (non-hydrogen) atoms. The fourth-order valence-corrected chi connectivity index (χ4v) is 12.4. The van der Waals surface area contributed by atoms with Crippen LogP contribution in [-0.4, -0.2) is 69.0 Å². The minimum Gasteiger partial charge on any atom is -0.376 e. The topological polar surface area (TPSA) is 55.4 Å². The van der Waals surface area contributed by atoms with Gasteiger partial charge in [-0.25, -0.2) is 0 Å². The van der Waals surface area contributed by atoms with E-state index in [9.17, 15) is 0 Å². The van der Waals surface area contributed by atoms with E-state index < -0.39 is 17.6 Å². The van der Waals surface area contributed by atoms with Gasteiger partial charge in [0.05, 0.1) is 9.75 Å². The smallest absolute Gasteiger partial charge is 0.376 e. The summed E-state index contributed by atoms with van der Waals surface area (Å²) in [6.45, 7) is 9.12. The molecule has 0 fully saturated rings. The maximum Gasteiger partial charge on any atom is 0.514 e. The molecule has 0 rings (SSSR count). The van der Waals surface area contributed by atoms with E-state index in [0.717, 1.165) is 0 Å². The van der Waals surface area contributed by atoms with Crippen molar-refractivity contribution >= 4 is 39.2 Å². The predicted molar refractivity (Wildman–Crippen MR) is 96.9 cm³/mol. The van der Waals surface area contributed by atoms with Gasteiger partial charge in [0.15, 0.2) is 0 Å². The van der Waals surface area contributed by atoms with Gasteiger partial charge in [-0.2, -0.15) is 0 Å². The summed E-state index contributed by atoms with van der Waals surface area (Å²) in [4.78, 5) is 0.161. The Hall–Kier alpha value is 0.894. The van der Waals surface area contributed by atoms with Crippen LogP contribution in [0.2, 0.25) is 0 Å². The quantitative estimate of drug-likeness (QED) is 0.351. The molecule has 0 aromatic rings. The first-order valence-corrected chi connectivity index (χ1v) is 13.1. The van der Waals surface area contributed by atoms with Crippen molar-refractivity contribution in [2.75, 3.05) is 41.7 Å². The van der Waals surface area contributed by atoms with Crippen molar-refractivity contribution in [1.82, 2.24) is 0 Å². The lowest BCUT2D eigenvalue weighted by Gasteiger charge is -2.33. The molecule has 0 saturated carbocycles. The lowest BCUT2D eigenvalue weighted by atomic mass is 10.9. The summed E-state index contributed by atoms with van der Waals surface area (Å²) < 4.78 is 33.9. The minimum absolute atomic E-state index is 0.0805. The molecule has 134 valence electrons. The van der Waals surface area contributed by atoms with Crippen LogP contribution in [0, 0.1) is 0 Å². The van der Waals surface area contributed by atoms with E-state index in [1.54, 1.807) is 50.0 Å². The Morgan fingerprint density at radius 1 is 0.682 bits per heavy atom. The third-order valence-corrected chi connectivity index (χ3v) is 15.0. The highest BCUT2D eigenvalue weighted by Gasteiger charge is 2.50. The highest BCUT2D eigenvalue weighted by Crippen LogP contribution is 2.39. The van der Waals surface area contributed by atoms with Gasteiger partial charge in [0.25, 0.3) is 0 Å². The molecule has 0 radical (unpaired) electrons. The second kappa shape index (κ2) is 11.4. The summed E-state index contributed by atoms with van der Waals surface area (Å²) in [6, 6.07) is 0. The number of hydrogen-bond donors (Lipinski definition) is 0. The molecule has 0 aliphatic rings. The molecule has 0 aromatic carbocycles. The Bertz CT molecular complexity index is 265. The van der Waals surface area contributed by atoms with E-state index in [0.29, 0.717) is 13.2 Å². The first kappa shape index (κ1) is 22.9. The second-order valence-corrected chi connectivity index (χ2v) is 14.5. The van der Waals surface area contributed by atoms with Gasteiger partial charge in [-0.05, 0) is 27.7 Å². The Morgan fingerprint density at radius 2 is 0.955 bits per heavy atom. The van der Waals surface area contributed by atoms with Crippen LogP contribution in [0.4, 0.5) is 0 Å². The maximum atomic E-state index is 5.79. The molecule has 0 heterocycles. The molecular formula is C12H30O6S2Si2. The van der Waals surface area contributed by atoms with Crippen molar-refractivity contribution < 1.29 is 26.6 Å². The van der Waals surface area contributed by atoms with Crippen LogP contribution < -0.4 is 0 Å². The molecule has 0 aliphatic heterocycles. The normalized spacial score (nSPS) is 15.8. The SMILES string of the molecule is CCO[Si](OC)(OC)C(C)SSC(C)[Si](OC)(OC)OCC. The molecule has 2 unspecified atom stereocenters. The van der Waals surface area contributed by atoms with Crippen molar-refractivity contribution in [3.8, 4) is 0 Å². The highest BCUT2D eigenvalue weighted by molar-refractivity contribution is 8.77. The molecule has 0 amide bonds. The van der Waals surface area contributed by atoms with Gasteiger partial charge in [0.2, 0.25) is 0 Å². The van der Waals surface area contributed by atoms with Gasteiger partial charge >= 0.3 is 17.6 Å². The largest absolute Gasteiger partial charge is 0.514 e. The van der Waals surface area contributed by atoms with E-state index in [2.05, 4.69) is 13.8 Å². The van der Waals surface area contributed by atoms with Gasteiger partial charge in [-0.1, -0.05) is 21.6 Å². The molecule has 0 N–H and O–H groups in total. The summed E-state index contributed by atoms with van der Waals surface area (Å²) in [5.41, 5.74) is 0. The Labute approximate surface area is 145 Å². The van der Waals surface area contributed by atoms with E-state index in [1.165, 1.54) is 0 Å².